The number of hydrogen-bond donors (Lipinski definition) is 1. The number of amides is 2. The van der Waals surface area contributed by atoms with E-state index in [0.717, 1.165) is 23.8 Å². The average molecular weight is 330 g/mol. The minimum atomic E-state index is -0.0853. The molecule has 2 fully saturated rings. The minimum absolute atomic E-state index is 0.0853. The van der Waals surface area contributed by atoms with Crippen molar-refractivity contribution in [2.45, 2.75) is 18.8 Å². The summed E-state index contributed by atoms with van der Waals surface area (Å²) >= 11 is 1.50. The number of pyridine rings is 1. The van der Waals surface area contributed by atoms with E-state index in [-0.39, 0.29) is 6.03 Å². The summed E-state index contributed by atoms with van der Waals surface area (Å²) in [7, 11) is 0. The Morgan fingerprint density at radius 3 is 2.57 bits per heavy atom. The molecular formula is C15H18N6OS. The summed E-state index contributed by atoms with van der Waals surface area (Å²) in [4.78, 5) is 20.5. The first-order chi connectivity index (χ1) is 11.3. The Kier molecular flexibility index (Phi) is 3.82. The van der Waals surface area contributed by atoms with Crippen molar-refractivity contribution in [3.05, 3.63) is 29.5 Å². The maximum absolute atomic E-state index is 12.3. The molecule has 4 rings (SSSR count). The van der Waals surface area contributed by atoms with Crippen molar-refractivity contribution in [1.29, 1.82) is 0 Å². The van der Waals surface area contributed by atoms with Gasteiger partial charge in [-0.1, -0.05) is 11.3 Å². The molecule has 8 heteroatoms. The Morgan fingerprint density at radius 1 is 1.13 bits per heavy atom. The fourth-order valence-electron chi connectivity index (χ4n) is 2.67. The van der Waals surface area contributed by atoms with E-state index >= 15 is 0 Å². The average Bonchev–Trinajstić information content (AvgIpc) is 3.36. The Hall–Kier alpha value is -2.22. The molecule has 2 amide bonds. The normalized spacial score (nSPS) is 18.1. The van der Waals surface area contributed by atoms with Gasteiger partial charge < -0.3 is 9.80 Å². The SMILES string of the molecule is O=C(Nc1nnc(C2CC2)s1)N1CCN(c2ccncc2)CC1. The molecule has 7 nitrogen and oxygen atoms in total. The van der Waals surface area contributed by atoms with E-state index in [9.17, 15) is 4.79 Å². The van der Waals surface area contributed by atoms with Gasteiger partial charge in [0.25, 0.3) is 0 Å². The van der Waals surface area contributed by atoms with Crippen molar-refractivity contribution >= 4 is 28.2 Å². The number of rotatable bonds is 3. The smallest absolute Gasteiger partial charge is 0.323 e. The van der Waals surface area contributed by atoms with Crippen molar-refractivity contribution in [3.8, 4) is 0 Å². The van der Waals surface area contributed by atoms with E-state index in [1.807, 2.05) is 17.0 Å². The zero-order chi connectivity index (χ0) is 15.6. The number of hydrogen-bond acceptors (Lipinski definition) is 6. The van der Waals surface area contributed by atoms with Gasteiger partial charge in [-0.25, -0.2) is 4.79 Å². The third-order valence-electron chi connectivity index (χ3n) is 4.18. The van der Waals surface area contributed by atoms with Gasteiger partial charge in [0.1, 0.15) is 5.01 Å². The van der Waals surface area contributed by atoms with Crippen LogP contribution < -0.4 is 10.2 Å². The molecule has 2 aromatic rings. The molecule has 0 aromatic carbocycles. The van der Waals surface area contributed by atoms with Crippen LogP contribution in [-0.4, -0.2) is 52.3 Å². The molecule has 1 aliphatic carbocycles. The number of anilines is 2. The first-order valence-electron chi connectivity index (χ1n) is 7.84. The highest BCUT2D eigenvalue weighted by molar-refractivity contribution is 7.15. The molecule has 1 saturated heterocycles. The second-order valence-electron chi connectivity index (χ2n) is 5.83. The standard InChI is InChI=1S/C15H18N6OS/c22-15(17-14-19-18-13(23-14)11-1-2-11)21-9-7-20(8-10-21)12-3-5-16-6-4-12/h3-6,11H,1-2,7-10H2,(H,17,19,22). The van der Waals surface area contributed by atoms with Crippen LogP contribution >= 0.6 is 11.3 Å². The van der Waals surface area contributed by atoms with Crippen LogP contribution in [-0.2, 0) is 0 Å². The molecule has 0 atom stereocenters. The maximum Gasteiger partial charge on any atom is 0.323 e. The fraction of sp³-hybridized carbons (Fsp3) is 0.467. The zero-order valence-corrected chi connectivity index (χ0v) is 13.5. The highest BCUT2D eigenvalue weighted by Crippen LogP contribution is 2.42. The Balaban J connectivity index is 1.31. The number of aromatic nitrogens is 3. The molecule has 120 valence electrons. The van der Waals surface area contributed by atoms with Crippen molar-refractivity contribution in [3.63, 3.8) is 0 Å². The van der Waals surface area contributed by atoms with Gasteiger partial charge in [-0.2, -0.15) is 0 Å². The van der Waals surface area contributed by atoms with Crippen molar-refractivity contribution < 1.29 is 4.79 Å². The van der Waals surface area contributed by atoms with Crippen LogP contribution in [0.25, 0.3) is 0 Å². The van der Waals surface area contributed by atoms with E-state index in [1.54, 1.807) is 12.4 Å². The summed E-state index contributed by atoms with van der Waals surface area (Å²) in [6, 6.07) is 3.91. The lowest BCUT2D eigenvalue weighted by Crippen LogP contribution is -2.50. The molecule has 1 aliphatic heterocycles. The first kappa shape index (κ1) is 14.4. The van der Waals surface area contributed by atoms with Crippen LogP contribution in [0.4, 0.5) is 15.6 Å². The number of nitrogens with one attached hydrogen (secondary N) is 1. The molecule has 0 bridgehead atoms. The number of urea groups is 1. The summed E-state index contributed by atoms with van der Waals surface area (Å²) < 4.78 is 0. The molecule has 23 heavy (non-hydrogen) atoms. The van der Waals surface area contributed by atoms with E-state index in [1.165, 1.54) is 24.2 Å². The van der Waals surface area contributed by atoms with E-state index in [4.69, 9.17) is 0 Å². The lowest BCUT2D eigenvalue weighted by atomic mass is 10.3. The third kappa shape index (κ3) is 3.26. The Morgan fingerprint density at radius 2 is 1.87 bits per heavy atom. The van der Waals surface area contributed by atoms with Gasteiger partial charge in [0, 0.05) is 50.2 Å². The van der Waals surface area contributed by atoms with E-state index in [2.05, 4.69) is 25.4 Å². The van der Waals surface area contributed by atoms with Crippen LogP contribution in [0, 0.1) is 0 Å². The van der Waals surface area contributed by atoms with Crippen LogP contribution in [0.1, 0.15) is 23.8 Å². The molecule has 3 heterocycles. The number of carbonyl (C=O) groups excluding carboxylic acids is 1. The van der Waals surface area contributed by atoms with Gasteiger partial charge in [0.15, 0.2) is 0 Å². The molecule has 0 unspecified atom stereocenters. The van der Waals surface area contributed by atoms with Crippen LogP contribution in [0.2, 0.25) is 0 Å². The molecule has 1 N–H and O–H groups in total. The van der Waals surface area contributed by atoms with Crippen molar-refractivity contribution in [2.75, 3.05) is 36.4 Å². The molecule has 0 spiro atoms. The lowest BCUT2D eigenvalue weighted by molar-refractivity contribution is 0.208. The van der Waals surface area contributed by atoms with Gasteiger partial charge in [-0.05, 0) is 25.0 Å². The number of nitrogens with zero attached hydrogens (tertiary/aromatic N) is 5. The monoisotopic (exact) mass is 330 g/mol. The van der Waals surface area contributed by atoms with Gasteiger partial charge in [0.2, 0.25) is 5.13 Å². The highest BCUT2D eigenvalue weighted by Gasteiger charge is 2.28. The Labute approximate surface area is 138 Å². The predicted molar refractivity (Wildman–Crippen MR) is 88.9 cm³/mol. The van der Waals surface area contributed by atoms with Crippen LogP contribution in [0.15, 0.2) is 24.5 Å². The third-order valence-corrected chi connectivity index (χ3v) is 5.18. The molecule has 1 saturated carbocycles. The number of carbonyl (C=O) groups is 1. The maximum atomic E-state index is 12.3. The number of piperazine rings is 1. The second-order valence-corrected chi connectivity index (χ2v) is 6.84. The molecular weight excluding hydrogens is 312 g/mol. The van der Waals surface area contributed by atoms with Gasteiger partial charge in [-0.3, -0.25) is 10.3 Å². The van der Waals surface area contributed by atoms with Gasteiger partial charge >= 0.3 is 6.03 Å². The van der Waals surface area contributed by atoms with E-state index < -0.39 is 0 Å². The lowest BCUT2D eigenvalue weighted by Gasteiger charge is -2.35. The topological polar surface area (TPSA) is 74.2 Å². The highest BCUT2D eigenvalue weighted by atomic mass is 32.1. The van der Waals surface area contributed by atoms with Gasteiger partial charge in [0.05, 0.1) is 0 Å². The summed E-state index contributed by atoms with van der Waals surface area (Å²) in [5.74, 6) is 0.571. The first-order valence-corrected chi connectivity index (χ1v) is 8.65. The quantitative estimate of drug-likeness (QED) is 0.933. The summed E-state index contributed by atoms with van der Waals surface area (Å²) in [5, 5.41) is 12.7. The molecule has 0 radical (unpaired) electrons. The largest absolute Gasteiger partial charge is 0.368 e. The summed E-state index contributed by atoms with van der Waals surface area (Å²) in [5.41, 5.74) is 1.15. The summed E-state index contributed by atoms with van der Waals surface area (Å²) in [6.07, 6.45) is 5.97. The molecule has 2 aromatic heterocycles. The Bertz CT molecular complexity index is 678. The predicted octanol–water partition coefficient (Wildman–Crippen LogP) is 2.16. The second kappa shape index (κ2) is 6.11. The fourth-order valence-corrected chi connectivity index (χ4v) is 3.58. The van der Waals surface area contributed by atoms with E-state index in [0.29, 0.717) is 24.1 Å². The summed E-state index contributed by atoms with van der Waals surface area (Å²) in [6.45, 7) is 3.03. The molecule has 2 aliphatic rings. The minimum Gasteiger partial charge on any atom is -0.368 e. The van der Waals surface area contributed by atoms with Crippen LogP contribution in [0.3, 0.4) is 0 Å². The zero-order valence-electron chi connectivity index (χ0n) is 12.7. The van der Waals surface area contributed by atoms with Crippen molar-refractivity contribution in [1.82, 2.24) is 20.1 Å². The van der Waals surface area contributed by atoms with Crippen LogP contribution in [0.5, 0.6) is 0 Å². The van der Waals surface area contributed by atoms with Crippen molar-refractivity contribution in [2.24, 2.45) is 0 Å². The van der Waals surface area contributed by atoms with Gasteiger partial charge in [-0.15, -0.1) is 10.2 Å².